The monoisotopic (exact) mass is 317 g/mol. The molecular formula is C18H20FNOS. The molecule has 1 heterocycles. The van der Waals surface area contributed by atoms with Gasteiger partial charge in [-0.3, -0.25) is 0 Å². The van der Waals surface area contributed by atoms with Crippen LogP contribution < -0.4 is 10.1 Å². The number of piperidine rings is 1. The zero-order valence-electron chi connectivity index (χ0n) is 12.6. The Morgan fingerprint density at radius 1 is 1.09 bits per heavy atom. The van der Waals surface area contributed by atoms with E-state index in [1.54, 1.807) is 31.0 Å². The topological polar surface area (TPSA) is 21.3 Å². The molecule has 1 saturated heterocycles. The minimum Gasteiger partial charge on any atom is -0.496 e. The highest BCUT2D eigenvalue weighted by Crippen LogP contribution is 2.40. The molecule has 3 rings (SSSR count). The number of para-hydroxylation sites is 1. The van der Waals surface area contributed by atoms with Crippen LogP contribution in [0, 0.1) is 5.82 Å². The lowest BCUT2D eigenvalue weighted by atomic mass is 9.90. The Kier molecular flexibility index (Phi) is 5.01. The molecule has 0 aliphatic carbocycles. The molecule has 0 atom stereocenters. The summed E-state index contributed by atoms with van der Waals surface area (Å²) in [5.74, 6) is 1.13. The number of rotatable bonds is 4. The van der Waals surface area contributed by atoms with Crippen molar-refractivity contribution in [3.8, 4) is 5.75 Å². The highest BCUT2D eigenvalue weighted by molar-refractivity contribution is 7.99. The Bertz CT molecular complexity index is 641. The Morgan fingerprint density at radius 2 is 1.86 bits per heavy atom. The zero-order valence-corrected chi connectivity index (χ0v) is 13.5. The molecule has 2 nitrogen and oxygen atoms in total. The van der Waals surface area contributed by atoms with Gasteiger partial charge in [-0.15, -0.1) is 0 Å². The lowest BCUT2D eigenvalue weighted by Crippen LogP contribution is -2.26. The molecule has 1 aliphatic heterocycles. The summed E-state index contributed by atoms with van der Waals surface area (Å²) in [4.78, 5) is 2.18. The first kappa shape index (κ1) is 15.4. The summed E-state index contributed by atoms with van der Waals surface area (Å²) in [6.45, 7) is 2.00. The van der Waals surface area contributed by atoms with Crippen LogP contribution in [0.1, 0.15) is 24.3 Å². The molecule has 22 heavy (non-hydrogen) atoms. The maximum Gasteiger partial charge on any atom is 0.132 e. The summed E-state index contributed by atoms with van der Waals surface area (Å²) in [6.07, 6.45) is 2.12. The summed E-state index contributed by atoms with van der Waals surface area (Å²) in [5, 5.41) is 3.37. The molecule has 0 amide bonds. The van der Waals surface area contributed by atoms with Crippen molar-refractivity contribution in [2.45, 2.75) is 28.6 Å². The van der Waals surface area contributed by atoms with Gasteiger partial charge in [-0.1, -0.05) is 23.9 Å². The van der Waals surface area contributed by atoms with Crippen LogP contribution >= 0.6 is 11.8 Å². The predicted octanol–water partition coefficient (Wildman–Crippen LogP) is 4.45. The van der Waals surface area contributed by atoms with Gasteiger partial charge in [0.2, 0.25) is 0 Å². The van der Waals surface area contributed by atoms with Crippen molar-refractivity contribution in [1.29, 1.82) is 0 Å². The third-order valence-electron chi connectivity index (χ3n) is 4.04. The van der Waals surface area contributed by atoms with E-state index in [4.69, 9.17) is 4.74 Å². The van der Waals surface area contributed by atoms with Crippen molar-refractivity contribution in [3.05, 3.63) is 53.8 Å². The largest absolute Gasteiger partial charge is 0.496 e. The van der Waals surface area contributed by atoms with Crippen molar-refractivity contribution in [2.75, 3.05) is 20.2 Å². The minimum absolute atomic E-state index is 0.155. The van der Waals surface area contributed by atoms with E-state index in [2.05, 4.69) is 5.32 Å². The second kappa shape index (κ2) is 7.16. The van der Waals surface area contributed by atoms with Gasteiger partial charge in [0.15, 0.2) is 0 Å². The number of halogens is 1. The molecule has 1 aliphatic rings. The fourth-order valence-corrected chi connectivity index (χ4v) is 4.00. The van der Waals surface area contributed by atoms with Gasteiger partial charge in [-0.25, -0.2) is 4.39 Å². The number of benzene rings is 2. The maximum atomic E-state index is 13.7. The zero-order chi connectivity index (χ0) is 15.4. The fraction of sp³-hybridized carbons (Fsp3) is 0.333. The molecular weight excluding hydrogens is 297 g/mol. The molecule has 2 aromatic carbocycles. The van der Waals surface area contributed by atoms with Gasteiger partial charge >= 0.3 is 0 Å². The van der Waals surface area contributed by atoms with Crippen molar-refractivity contribution in [3.63, 3.8) is 0 Å². The number of methoxy groups -OCH3 is 1. The number of ether oxygens (including phenoxy) is 1. The lowest BCUT2D eigenvalue weighted by Gasteiger charge is -2.25. The third-order valence-corrected chi connectivity index (χ3v) is 5.19. The molecule has 1 N–H and O–H groups in total. The molecule has 116 valence electrons. The van der Waals surface area contributed by atoms with E-state index < -0.39 is 0 Å². The molecule has 0 aromatic heterocycles. The van der Waals surface area contributed by atoms with Gasteiger partial charge in [0, 0.05) is 4.90 Å². The van der Waals surface area contributed by atoms with Gasteiger partial charge in [-0.05, 0) is 67.7 Å². The molecule has 2 aromatic rings. The first-order chi connectivity index (χ1) is 10.8. The average molecular weight is 317 g/mol. The second-order valence-corrected chi connectivity index (χ2v) is 6.54. The Morgan fingerprint density at radius 3 is 2.64 bits per heavy atom. The molecule has 0 saturated carbocycles. The van der Waals surface area contributed by atoms with E-state index in [0.717, 1.165) is 47.0 Å². The van der Waals surface area contributed by atoms with Crippen LogP contribution in [0.4, 0.5) is 4.39 Å². The number of hydrogen-bond donors (Lipinski definition) is 1. The molecule has 0 unspecified atom stereocenters. The Labute approximate surface area is 135 Å². The van der Waals surface area contributed by atoms with Gasteiger partial charge < -0.3 is 10.1 Å². The Hall–Kier alpha value is -1.52. The molecule has 4 heteroatoms. The van der Waals surface area contributed by atoms with Crippen LogP contribution in [-0.4, -0.2) is 20.2 Å². The summed E-state index contributed by atoms with van der Waals surface area (Å²) in [5.41, 5.74) is 1.12. The predicted molar refractivity (Wildman–Crippen MR) is 88.4 cm³/mol. The first-order valence-corrected chi connectivity index (χ1v) is 8.40. The van der Waals surface area contributed by atoms with E-state index in [-0.39, 0.29) is 5.82 Å². The average Bonchev–Trinajstić information content (AvgIpc) is 2.58. The summed E-state index contributed by atoms with van der Waals surface area (Å²) >= 11 is 1.66. The van der Waals surface area contributed by atoms with Gasteiger partial charge in [-0.2, -0.15) is 0 Å². The van der Waals surface area contributed by atoms with Crippen LogP contribution in [0.2, 0.25) is 0 Å². The summed E-state index contributed by atoms with van der Waals surface area (Å²) < 4.78 is 19.2. The van der Waals surface area contributed by atoms with Crippen molar-refractivity contribution >= 4 is 11.8 Å². The normalized spacial score (nSPS) is 15.7. The van der Waals surface area contributed by atoms with Crippen molar-refractivity contribution in [2.24, 2.45) is 0 Å². The van der Waals surface area contributed by atoms with E-state index in [1.807, 2.05) is 30.3 Å². The van der Waals surface area contributed by atoms with Crippen LogP contribution in [-0.2, 0) is 0 Å². The second-order valence-electron chi connectivity index (χ2n) is 5.46. The van der Waals surface area contributed by atoms with Crippen molar-refractivity contribution in [1.82, 2.24) is 5.32 Å². The standard InChI is InChI=1S/C18H20FNOS/c1-21-16-4-2-3-5-18(16)22-17-7-6-14(19)12-15(17)13-8-10-20-11-9-13/h2-7,12-13,20H,8-11H2,1H3. The Balaban J connectivity index is 1.92. The van der Waals surface area contributed by atoms with Gasteiger partial charge in [0.05, 0.1) is 12.0 Å². The first-order valence-electron chi connectivity index (χ1n) is 7.59. The van der Waals surface area contributed by atoms with E-state index in [1.165, 1.54) is 0 Å². The summed E-state index contributed by atoms with van der Waals surface area (Å²) in [7, 11) is 1.68. The van der Waals surface area contributed by atoms with E-state index >= 15 is 0 Å². The van der Waals surface area contributed by atoms with E-state index in [0.29, 0.717) is 5.92 Å². The smallest absolute Gasteiger partial charge is 0.132 e. The molecule has 0 spiro atoms. The highest BCUT2D eigenvalue weighted by Gasteiger charge is 2.20. The maximum absolute atomic E-state index is 13.7. The lowest BCUT2D eigenvalue weighted by molar-refractivity contribution is 0.405. The SMILES string of the molecule is COc1ccccc1Sc1ccc(F)cc1C1CCNCC1. The van der Waals surface area contributed by atoms with Crippen LogP contribution in [0.25, 0.3) is 0 Å². The third kappa shape index (κ3) is 3.45. The fourth-order valence-electron chi connectivity index (χ4n) is 2.89. The summed E-state index contributed by atoms with van der Waals surface area (Å²) in [6, 6.07) is 13.1. The van der Waals surface area contributed by atoms with E-state index in [9.17, 15) is 4.39 Å². The minimum atomic E-state index is -0.155. The highest BCUT2D eigenvalue weighted by atomic mass is 32.2. The quantitative estimate of drug-likeness (QED) is 0.900. The molecule has 0 radical (unpaired) electrons. The van der Waals surface area contributed by atoms with Gasteiger partial charge in [0.25, 0.3) is 0 Å². The molecule has 0 bridgehead atoms. The molecule has 1 fully saturated rings. The van der Waals surface area contributed by atoms with Crippen molar-refractivity contribution < 1.29 is 9.13 Å². The van der Waals surface area contributed by atoms with Crippen LogP contribution in [0.5, 0.6) is 5.75 Å². The van der Waals surface area contributed by atoms with Crippen LogP contribution in [0.3, 0.4) is 0 Å². The number of nitrogens with one attached hydrogen (secondary N) is 1. The van der Waals surface area contributed by atoms with Crippen LogP contribution in [0.15, 0.2) is 52.3 Å². The number of hydrogen-bond acceptors (Lipinski definition) is 3. The van der Waals surface area contributed by atoms with Gasteiger partial charge in [0.1, 0.15) is 11.6 Å².